The lowest BCUT2D eigenvalue weighted by Crippen LogP contribution is -2.42. The van der Waals surface area contributed by atoms with E-state index in [0.29, 0.717) is 6.54 Å². The van der Waals surface area contributed by atoms with Crippen molar-refractivity contribution in [2.24, 2.45) is 0 Å². The Kier molecular flexibility index (Phi) is 5.59. The Morgan fingerprint density at radius 2 is 1.79 bits per heavy atom. The summed E-state index contributed by atoms with van der Waals surface area (Å²) < 4.78 is 23.7. The van der Waals surface area contributed by atoms with E-state index in [-0.39, 0.29) is 6.04 Å². The molecule has 1 N–H and O–H groups in total. The van der Waals surface area contributed by atoms with Gasteiger partial charge in [0.1, 0.15) is 0 Å². The summed E-state index contributed by atoms with van der Waals surface area (Å²) in [5, 5.41) is 3.36. The molecular weight excluding hydrogens is 326 g/mol. The molecule has 1 aromatic carbocycles. The van der Waals surface area contributed by atoms with Crippen LogP contribution in [-0.4, -0.2) is 26.0 Å². The highest BCUT2D eigenvalue weighted by Crippen LogP contribution is 2.21. The van der Waals surface area contributed by atoms with Gasteiger partial charge in [0.05, 0.1) is 4.75 Å². The van der Waals surface area contributed by atoms with Crippen LogP contribution in [0.3, 0.4) is 0 Å². The van der Waals surface area contributed by atoms with Gasteiger partial charge in [0, 0.05) is 23.3 Å². The molecule has 0 aromatic heterocycles. The van der Waals surface area contributed by atoms with Crippen LogP contribution in [-0.2, 0) is 9.84 Å². The fourth-order valence-corrected chi connectivity index (χ4v) is 2.30. The number of hydrogen-bond donors (Lipinski definition) is 1. The van der Waals surface area contributed by atoms with Gasteiger partial charge in [-0.15, -0.1) is 0 Å². The second-order valence-electron chi connectivity index (χ2n) is 5.43. The standard InChI is InChI=1S/C14H22BrNO2S/c1-5-13(11-6-8-12(15)9-7-11)16-10-14(2,3)19(4,17)18/h6-9,13,16H,5,10H2,1-4H3. The zero-order valence-electron chi connectivity index (χ0n) is 11.9. The van der Waals surface area contributed by atoms with Crippen molar-refractivity contribution in [2.45, 2.75) is 38.0 Å². The van der Waals surface area contributed by atoms with Gasteiger partial charge in [0.25, 0.3) is 0 Å². The smallest absolute Gasteiger partial charge is 0.153 e. The average Bonchev–Trinajstić information content (AvgIpc) is 2.30. The van der Waals surface area contributed by atoms with Crippen LogP contribution in [0.25, 0.3) is 0 Å². The topological polar surface area (TPSA) is 46.2 Å². The minimum Gasteiger partial charge on any atom is -0.308 e. The average molecular weight is 348 g/mol. The lowest BCUT2D eigenvalue weighted by atomic mass is 10.0. The molecule has 0 aliphatic rings. The molecule has 3 nitrogen and oxygen atoms in total. The molecule has 0 bridgehead atoms. The van der Waals surface area contributed by atoms with E-state index in [2.05, 4.69) is 40.3 Å². The number of halogens is 1. The van der Waals surface area contributed by atoms with Crippen LogP contribution in [0.15, 0.2) is 28.7 Å². The van der Waals surface area contributed by atoms with E-state index in [1.165, 1.54) is 11.8 Å². The van der Waals surface area contributed by atoms with E-state index in [9.17, 15) is 8.42 Å². The highest BCUT2D eigenvalue weighted by molar-refractivity contribution is 9.10. The lowest BCUT2D eigenvalue weighted by molar-refractivity contribution is 0.464. The fourth-order valence-electron chi connectivity index (χ4n) is 1.69. The number of rotatable bonds is 6. The van der Waals surface area contributed by atoms with E-state index in [1.54, 1.807) is 13.8 Å². The van der Waals surface area contributed by atoms with Crippen molar-refractivity contribution in [3.05, 3.63) is 34.3 Å². The first-order chi connectivity index (χ1) is 8.67. The van der Waals surface area contributed by atoms with E-state index < -0.39 is 14.6 Å². The van der Waals surface area contributed by atoms with Crippen LogP contribution in [0, 0.1) is 0 Å². The molecule has 0 radical (unpaired) electrons. The summed E-state index contributed by atoms with van der Waals surface area (Å²) in [5.74, 6) is 0. The zero-order chi connectivity index (χ0) is 14.7. The lowest BCUT2D eigenvalue weighted by Gasteiger charge is -2.26. The first-order valence-corrected chi connectivity index (χ1v) is 9.04. The maximum atomic E-state index is 11.7. The van der Waals surface area contributed by atoms with Crippen molar-refractivity contribution in [3.63, 3.8) is 0 Å². The van der Waals surface area contributed by atoms with Crippen LogP contribution in [0.4, 0.5) is 0 Å². The second-order valence-corrected chi connectivity index (χ2v) is 8.99. The van der Waals surface area contributed by atoms with E-state index in [4.69, 9.17) is 0 Å². The van der Waals surface area contributed by atoms with Crippen LogP contribution >= 0.6 is 15.9 Å². The quantitative estimate of drug-likeness (QED) is 0.858. The maximum Gasteiger partial charge on any atom is 0.153 e. The van der Waals surface area contributed by atoms with Gasteiger partial charge in [-0.1, -0.05) is 35.0 Å². The van der Waals surface area contributed by atoms with Crippen molar-refractivity contribution in [1.29, 1.82) is 0 Å². The SMILES string of the molecule is CCC(NCC(C)(C)S(C)(=O)=O)c1ccc(Br)cc1. The van der Waals surface area contributed by atoms with Crippen LogP contribution in [0.2, 0.25) is 0 Å². The highest BCUT2D eigenvalue weighted by Gasteiger charge is 2.30. The highest BCUT2D eigenvalue weighted by atomic mass is 79.9. The van der Waals surface area contributed by atoms with Crippen LogP contribution in [0.5, 0.6) is 0 Å². The molecule has 0 heterocycles. The molecule has 108 valence electrons. The van der Waals surface area contributed by atoms with Crippen LogP contribution < -0.4 is 5.32 Å². The minimum absolute atomic E-state index is 0.175. The summed E-state index contributed by atoms with van der Waals surface area (Å²) in [7, 11) is -3.07. The second kappa shape index (κ2) is 6.37. The summed E-state index contributed by atoms with van der Waals surface area (Å²) in [6.45, 7) is 6.04. The molecule has 0 aliphatic carbocycles. The van der Waals surface area contributed by atoms with E-state index in [0.717, 1.165) is 10.9 Å². The monoisotopic (exact) mass is 347 g/mol. The summed E-state index contributed by atoms with van der Waals surface area (Å²) in [5.41, 5.74) is 1.18. The Labute approximate surface area is 124 Å². The number of benzene rings is 1. The third-order valence-electron chi connectivity index (χ3n) is 3.46. The Morgan fingerprint density at radius 3 is 2.21 bits per heavy atom. The fraction of sp³-hybridized carbons (Fsp3) is 0.571. The molecule has 0 amide bonds. The van der Waals surface area contributed by atoms with Crippen molar-refractivity contribution in [1.82, 2.24) is 5.32 Å². The van der Waals surface area contributed by atoms with Gasteiger partial charge in [0.2, 0.25) is 0 Å². The summed E-state index contributed by atoms with van der Waals surface area (Å²) in [6, 6.07) is 8.29. The Balaban J connectivity index is 2.76. The van der Waals surface area contributed by atoms with Gasteiger partial charge < -0.3 is 5.32 Å². The molecule has 0 fully saturated rings. The van der Waals surface area contributed by atoms with Crippen molar-refractivity contribution < 1.29 is 8.42 Å². The number of sulfone groups is 1. The summed E-state index contributed by atoms with van der Waals surface area (Å²) >= 11 is 3.41. The predicted octanol–water partition coefficient (Wildman–Crippen LogP) is 3.31. The van der Waals surface area contributed by atoms with Gasteiger partial charge >= 0.3 is 0 Å². The normalized spacial score (nSPS) is 14.4. The molecule has 1 atom stereocenters. The zero-order valence-corrected chi connectivity index (χ0v) is 14.3. The maximum absolute atomic E-state index is 11.7. The van der Waals surface area contributed by atoms with Gasteiger partial charge in [-0.2, -0.15) is 0 Å². The van der Waals surface area contributed by atoms with Crippen molar-refractivity contribution in [3.8, 4) is 0 Å². The molecule has 0 spiro atoms. The van der Waals surface area contributed by atoms with Crippen molar-refractivity contribution in [2.75, 3.05) is 12.8 Å². The molecule has 1 rings (SSSR count). The summed E-state index contributed by atoms with van der Waals surface area (Å²) in [6.07, 6.45) is 2.21. The molecular formula is C14H22BrNO2S. The van der Waals surface area contributed by atoms with E-state index in [1.807, 2.05) is 12.1 Å². The molecule has 1 aromatic rings. The molecule has 0 aliphatic heterocycles. The first kappa shape index (κ1) is 16.7. The van der Waals surface area contributed by atoms with Gasteiger partial charge in [0.15, 0.2) is 9.84 Å². The van der Waals surface area contributed by atoms with E-state index >= 15 is 0 Å². The molecule has 1 unspecified atom stereocenters. The largest absolute Gasteiger partial charge is 0.308 e. The number of hydrogen-bond acceptors (Lipinski definition) is 3. The minimum atomic E-state index is -3.07. The van der Waals surface area contributed by atoms with Gasteiger partial charge in [-0.25, -0.2) is 8.42 Å². The Bertz CT molecular complexity index is 509. The molecule has 19 heavy (non-hydrogen) atoms. The van der Waals surface area contributed by atoms with Gasteiger partial charge in [-0.3, -0.25) is 0 Å². The molecule has 5 heteroatoms. The third-order valence-corrected chi connectivity index (χ3v) is 6.14. The first-order valence-electron chi connectivity index (χ1n) is 6.36. The predicted molar refractivity (Wildman–Crippen MR) is 84.1 cm³/mol. The van der Waals surface area contributed by atoms with Crippen LogP contribution in [0.1, 0.15) is 38.8 Å². The van der Waals surface area contributed by atoms with Crippen molar-refractivity contribution >= 4 is 25.8 Å². The summed E-state index contributed by atoms with van der Waals surface area (Å²) in [4.78, 5) is 0. The molecule has 0 saturated heterocycles. The Morgan fingerprint density at radius 1 is 1.26 bits per heavy atom. The Hall–Kier alpha value is -0.390. The van der Waals surface area contributed by atoms with Gasteiger partial charge in [-0.05, 0) is 38.0 Å². The number of nitrogens with one attached hydrogen (secondary N) is 1. The third kappa shape index (κ3) is 4.58. The molecule has 0 saturated carbocycles.